The van der Waals surface area contributed by atoms with E-state index in [1.807, 2.05) is 0 Å². The zero-order valence-corrected chi connectivity index (χ0v) is 6.33. The van der Waals surface area contributed by atoms with Crippen molar-refractivity contribution in [1.82, 2.24) is 0 Å². The van der Waals surface area contributed by atoms with E-state index in [-0.39, 0.29) is 0 Å². The first-order chi connectivity index (χ1) is 4.25. The Labute approximate surface area is 57.3 Å². The second-order valence-corrected chi connectivity index (χ2v) is 2.79. The van der Waals surface area contributed by atoms with Gasteiger partial charge in [-0.05, 0) is 25.3 Å². The molecule has 0 amide bonds. The Balaban J connectivity index is 2.37. The predicted octanol–water partition coefficient (Wildman–Crippen LogP) is 3.06. The van der Waals surface area contributed by atoms with Crippen LogP contribution in [0.15, 0.2) is 23.3 Å². The van der Waals surface area contributed by atoms with Gasteiger partial charge in [0.05, 0.1) is 0 Å². The third-order valence-corrected chi connectivity index (χ3v) is 1.81. The molecule has 9 heavy (non-hydrogen) atoms. The topological polar surface area (TPSA) is 0 Å². The molecule has 1 aliphatic rings. The van der Waals surface area contributed by atoms with Crippen molar-refractivity contribution in [1.29, 1.82) is 0 Å². The first-order valence-electron chi connectivity index (χ1n) is 3.62. The molecule has 0 aromatic rings. The number of hydrogen-bond donors (Lipinski definition) is 0. The smallest absolute Gasteiger partial charge is 0.00618 e. The summed E-state index contributed by atoms with van der Waals surface area (Å²) in [6.07, 6.45) is 3.65. The molecule has 0 aromatic carbocycles. The van der Waals surface area contributed by atoms with Crippen molar-refractivity contribution < 1.29 is 0 Å². The highest BCUT2D eigenvalue weighted by atomic mass is 14.2. The van der Waals surface area contributed by atoms with Crippen LogP contribution in [-0.2, 0) is 0 Å². The van der Waals surface area contributed by atoms with Crippen molar-refractivity contribution in [2.75, 3.05) is 0 Å². The summed E-state index contributed by atoms with van der Waals surface area (Å²) < 4.78 is 0. The standard InChI is InChI=1S/C9H14/c1-4-5-7(2)9-6-8(9)3/h2,4-6H2,1,3H3. The Hall–Kier alpha value is -0.520. The molecule has 0 heteroatoms. The third-order valence-electron chi connectivity index (χ3n) is 1.81. The molecule has 1 aliphatic carbocycles. The maximum atomic E-state index is 4.00. The average Bonchev–Trinajstić information content (AvgIpc) is 2.47. The second kappa shape index (κ2) is 2.38. The molecule has 0 bridgehead atoms. The average molecular weight is 122 g/mol. The van der Waals surface area contributed by atoms with E-state index in [0.29, 0.717) is 0 Å². The van der Waals surface area contributed by atoms with Crippen LogP contribution in [0, 0.1) is 0 Å². The predicted molar refractivity (Wildman–Crippen MR) is 41.4 cm³/mol. The number of hydrogen-bond acceptors (Lipinski definition) is 0. The van der Waals surface area contributed by atoms with Crippen LogP contribution in [0.25, 0.3) is 0 Å². The molecule has 0 nitrogen and oxygen atoms in total. The minimum atomic E-state index is 1.19. The number of rotatable bonds is 3. The molecule has 0 radical (unpaired) electrons. The number of allylic oxidation sites excluding steroid dienone is 3. The van der Waals surface area contributed by atoms with Gasteiger partial charge in [0.2, 0.25) is 0 Å². The molecule has 0 saturated carbocycles. The lowest BCUT2D eigenvalue weighted by Crippen LogP contribution is -1.74. The molecule has 50 valence electrons. The van der Waals surface area contributed by atoms with Crippen molar-refractivity contribution in [3.8, 4) is 0 Å². The van der Waals surface area contributed by atoms with E-state index in [0.717, 1.165) is 0 Å². The molecule has 0 atom stereocenters. The second-order valence-electron chi connectivity index (χ2n) is 2.79. The van der Waals surface area contributed by atoms with Gasteiger partial charge in [0.1, 0.15) is 0 Å². The van der Waals surface area contributed by atoms with Crippen LogP contribution < -0.4 is 0 Å². The SMILES string of the molecule is C=C(CCC)C1=C(C)C1. The molecule has 0 aromatic heterocycles. The molecule has 1 rings (SSSR count). The van der Waals surface area contributed by atoms with Gasteiger partial charge in [0.15, 0.2) is 0 Å². The van der Waals surface area contributed by atoms with Crippen molar-refractivity contribution in [3.63, 3.8) is 0 Å². The summed E-state index contributed by atoms with van der Waals surface area (Å²) in [5, 5.41) is 0. The van der Waals surface area contributed by atoms with Gasteiger partial charge in [-0.25, -0.2) is 0 Å². The van der Waals surface area contributed by atoms with Gasteiger partial charge in [0.25, 0.3) is 0 Å². The van der Waals surface area contributed by atoms with Crippen molar-refractivity contribution >= 4 is 0 Å². The molecule has 0 spiro atoms. The lowest BCUT2D eigenvalue weighted by atomic mass is 10.1. The molecule has 0 aliphatic heterocycles. The van der Waals surface area contributed by atoms with Gasteiger partial charge < -0.3 is 0 Å². The van der Waals surface area contributed by atoms with Crippen LogP contribution in [-0.4, -0.2) is 0 Å². The summed E-state index contributed by atoms with van der Waals surface area (Å²) in [6.45, 7) is 8.39. The van der Waals surface area contributed by atoms with E-state index < -0.39 is 0 Å². The lowest BCUT2D eigenvalue weighted by Gasteiger charge is -1.93. The van der Waals surface area contributed by atoms with E-state index in [9.17, 15) is 0 Å². The van der Waals surface area contributed by atoms with Crippen LogP contribution in [0.4, 0.5) is 0 Å². The van der Waals surface area contributed by atoms with E-state index in [4.69, 9.17) is 0 Å². The van der Waals surface area contributed by atoms with E-state index in [2.05, 4.69) is 20.4 Å². The van der Waals surface area contributed by atoms with Crippen LogP contribution in [0.2, 0.25) is 0 Å². The van der Waals surface area contributed by atoms with Crippen LogP contribution in [0.3, 0.4) is 0 Å². The highest BCUT2D eigenvalue weighted by Crippen LogP contribution is 2.37. The van der Waals surface area contributed by atoms with Gasteiger partial charge in [-0.1, -0.05) is 31.1 Å². The van der Waals surface area contributed by atoms with Gasteiger partial charge in [-0.15, -0.1) is 0 Å². The third kappa shape index (κ3) is 1.44. The molecular weight excluding hydrogens is 108 g/mol. The van der Waals surface area contributed by atoms with E-state index >= 15 is 0 Å². The van der Waals surface area contributed by atoms with Gasteiger partial charge in [0, 0.05) is 0 Å². The molecule has 0 unspecified atom stereocenters. The minimum Gasteiger partial charge on any atom is -0.0955 e. The summed E-state index contributed by atoms with van der Waals surface area (Å²) in [5.41, 5.74) is 4.46. The normalized spacial score (nSPS) is 16.2. The van der Waals surface area contributed by atoms with E-state index in [1.54, 1.807) is 5.57 Å². The zero-order valence-electron chi connectivity index (χ0n) is 6.33. The lowest BCUT2D eigenvalue weighted by molar-refractivity contribution is 0.922. The molecule has 0 fully saturated rings. The van der Waals surface area contributed by atoms with Crippen molar-refractivity contribution in [3.05, 3.63) is 23.3 Å². The summed E-state index contributed by atoms with van der Waals surface area (Å²) in [7, 11) is 0. The summed E-state index contributed by atoms with van der Waals surface area (Å²) >= 11 is 0. The van der Waals surface area contributed by atoms with Crippen LogP contribution >= 0.6 is 0 Å². The fourth-order valence-electron chi connectivity index (χ4n) is 1.10. The Morgan fingerprint density at radius 3 is 2.56 bits per heavy atom. The highest BCUT2D eigenvalue weighted by Gasteiger charge is 2.17. The fourth-order valence-corrected chi connectivity index (χ4v) is 1.10. The monoisotopic (exact) mass is 122 g/mol. The Bertz CT molecular complexity index is 161. The summed E-state index contributed by atoms with van der Waals surface area (Å²) in [6, 6.07) is 0. The van der Waals surface area contributed by atoms with Crippen molar-refractivity contribution in [2.45, 2.75) is 33.1 Å². The fraction of sp³-hybridized carbons (Fsp3) is 0.556. The van der Waals surface area contributed by atoms with Crippen LogP contribution in [0.5, 0.6) is 0 Å². The Morgan fingerprint density at radius 1 is 1.67 bits per heavy atom. The van der Waals surface area contributed by atoms with Gasteiger partial charge >= 0.3 is 0 Å². The maximum absolute atomic E-state index is 4.00. The molecular formula is C9H14. The summed E-state index contributed by atoms with van der Waals surface area (Å²) in [5.74, 6) is 0. The quantitative estimate of drug-likeness (QED) is 0.539. The Morgan fingerprint density at radius 2 is 2.22 bits per heavy atom. The zero-order chi connectivity index (χ0) is 6.85. The highest BCUT2D eigenvalue weighted by molar-refractivity contribution is 5.47. The molecule has 0 N–H and O–H groups in total. The first-order valence-corrected chi connectivity index (χ1v) is 3.62. The van der Waals surface area contributed by atoms with E-state index in [1.165, 1.54) is 30.4 Å². The van der Waals surface area contributed by atoms with Crippen LogP contribution in [0.1, 0.15) is 33.1 Å². The van der Waals surface area contributed by atoms with Gasteiger partial charge in [-0.2, -0.15) is 0 Å². The summed E-state index contributed by atoms with van der Waals surface area (Å²) in [4.78, 5) is 0. The maximum Gasteiger partial charge on any atom is -0.00618 e. The largest absolute Gasteiger partial charge is 0.0955 e. The molecule has 0 saturated heterocycles. The first kappa shape index (κ1) is 6.60. The van der Waals surface area contributed by atoms with Gasteiger partial charge in [-0.3, -0.25) is 0 Å². The minimum absolute atomic E-state index is 1.19. The van der Waals surface area contributed by atoms with Crippen molar-refractivity contribution in [2.24, 2.45) is 0 Å². The Kier molecular flexibility index (Phi) is 1.75. The molecule has 0 heterocycles.